The summed E-state index contributed by atoms with van der Waals surface area (Å²) in [5.41, 5.74) is 8.41. The number of hydrogen-bond donors (Lipinski definition) is 3. The van der Waals surface area contributed by atoms with E-state index in [4.69, 9.17) is 15.6 Å². The van der Waals surface area contributed by atoms with Gasteiger partial charge in [0, 0.05) is 32.7 Å². The maximum atomic E-state index is 13.1. The molecule has 3 aromatic rings. The average molecular weight is 436 g/mol. The Morgan fingerprint density at radius 3 is 2.34 bits per heavy atom. The second kappa shape index (κ2) is 8.60. The van der Waals surface area contributed by atoms with Crippen molar-refractivity contribution in [2.45, 2.75) is 12.5 Å². The number of nitrogens with two attached hydrogens (primary N) is 1. The number of carbonyl (C=O) groups excluding carboxylic acids is 1. The summed E-state index contributed by atoms with van der Waals surface area (Å²) < 4.78 is 20.5. The van der Waals surface area contributed by atoms with Crippen LogP contribution in [0.4, 0.5) is 10.1 Å². The van der Waals surface area contributed by atoms with E-state index < -0.39 is 5.91 Å². The Hall–Kier alpha value is -3.43. The maximum absolute atomic E-state index is 13.1. The predicted molar refractivity (Wildman–Crippen MR) is 119 cm³/mol. The topological polar surface area (TPSA) is 97.4 Å². The molecule has 166 valence electrons. The number of rotatable bonds is 5. The Bertz CT molecular complexity index is 1110. The van der Waals surface area contributed by atoms with E-state index in [0.29, 0.717) is 22.9 Å². The third-order valence-corrected chi connectivity index (χ3v) is 5.90. The van der Waals surface area contributed by atoms with Crippen molar-refractivity contribution in [3.63, 3.8) is 0 Å². The van der Waals surface area contributed by atoms with E-state index in [1.807, 2.05) is 12.1 Å². The quantitative estimate of drug-likeness (QED) is 0.569. The van der Waals surface area contributed by atoms with Crippen LogP contribution in [0, 0.1) is 5.82 Å². The molecule has 9 heteroatoms. The zero-order valence-electron chi connectivity index (χ0n) is 17.6. The summed E-state index contributed by atoms with van der Waals surface area (Å²) in [6.45, 7) is 4.53. The third kappa shape index (κ3) is 3.92. The van der Waals surface area contributed by atoms with E-state index in [1.165, 1.54) is 12.1 Å². The van der Waals surface area contributed by atoms with Gasteiger partial charge in [0.15, 0.2) is 5.69 Å². The molecule has 1 saturated heterocycles. The fourth-order valence-corrected chi connectivity index (χ4v) is 4.37. The molecule has 0 radical (unpaired) electrons. The van der Waals surface area contributed by atoms with Gasteiger partial charge in [-0.05, 0) is 55.0 Å². The number of halogens is 1. The number of nitrogens with zero attached hydrogens (tertiary/aromatic N) is 3. The number of nitrogens with one attached hydrogen (secondary N) is 2. The Balaban J connectivity index is 1.46. The van der Waals surface area contributed by atoms with Crippen molar-refractivity contribution in [1.29, 1.82) is 0 Å². The van der Waals surface area contributed by atoms with E-state index in [2.05, 4.69) is 15.5 Å². The molecule has 32 heavy (non-hydrogen) atoms. The first kappa shape index (κ1) is 20.5. The number of carbonyl (C=O) groups is 1. The minimum Gasteiger partial charge on any atom is -0.457 e. The summed E-state index contributed by atoms with van der Waals surface area (Å²) >= 11 is 0. The zero-order chi connectivity index (χ0) is 22.1. The van der Waals surface area contributed by atoms with Gasteiger partial charge in [0.1, 0.15) is 23.0 Å². The first-order valence-corrected chi connectivity index (χ1v) is 10.8. The lowest BCUT2D eigenvalue weighted by Gasteiger charge is -2.36. The molecule has 2 aliphatic rings. The van der Waals surface area contributed by atoms with Crippen LogP contribution in [0.3, 0.4) is 0 Å². The van der Waals surface area contributed by atoms with E-state index in [0.717, 1.165) is 50.5 Å². The molecule has 3 heterocycles. The van der Waals surface area contributed by atoms with Crippen LogP contribution in [-0.2, 0) is 0 Å². The summed E-state index contributed by atoms with van der Waals surface area (Å²) in [5.74, 6) is 0.283. The highest BCUT2D eigenvalue weighted by molar-refractivity contribution is 5.98. The molecule has 1 aromatic heterocycles. The molecular weight excluding hydrogens is 411 g/mol. The van der Waals surface area contributed by atoms with Gasteiger partial charge in [-0.2, -0.15) is 5.10 Å². The number of anilines is 1. The lowest BCUT2D eigenvalue weighted by Crippen LogP contribution is -2.46. The van der Waals surface area contributed by atoms with Gasteiger partial charge < -0.3 is 21.1 Å². The number of aromatic nitrogens is 2. The average Bonchev–Trinajstić information content (AvgIpc) is 3.22. The van der Waals surface area contributed by atoms with Crippen molar-refractivity contribution < 1.29 is 13.9 Å². The van der Waals surface area contributed by atoms with Gasteiger partial charge in [-0.15, -0.1) is 0 Å². The predicted octanol–water partition coefficient (Wildman–Crippen LogP) is 2.66. The fraction of sp³-hybridized carbons (Fsp3) is 0.304. The smallest absolute Gasteiger partial charge is 0.269 e. The van der Waals surface area contributed by atoms with Crippen LogP contribution in [0.1, 0.15) is 28.6 Å². The molecule has 1 fully saturated rings. The highest BCUT2D eigenvalue weighted by Crippen LogP contribution is 2.37. The number of primary amides is 1. The first-order valence-electron chi connectivity index (χ1n) is 10.8. The second-order valence-electron chi connectivity index (χ2n) is 7.95. The second-order valence-corrected chi connectivity index (χ2v) is 7.95. The summed E-state index contributed by atoms with van der Waals surface area (Å²) in [6, 6.07) is 13.2. The number of fused-ring (bicyclic) bond motifs is 1. The summed E-state index contributed by atoms with van der Waals surface area (Å²) in [7, 11) is 0. The highest BCUT2D eigenvalue weighted by Gasteiger charge is 2.34. The number of amides is 1. The lowest BCUT2D eigenvalue weighted by molar-refractivity contribution is 0.0993. The number of benzene rings is 2. The summed E-state index contributed by atoms with van der Waals surface area (Å²) in [6.07, 6.45) is 0.923. The van der Waals surface area contributed by atoms with Crippen molar-refractivity contribution >= 4 is 11.6 Å². The molecule has 0 spiro atoms. The van der Waals surface area contributed by atoms with Gasteiger partial charge >= 0.3 is 0 Å². The SMILES string of the molecule is NC(=O)c1c2c(nn1-c1ccc(Oc3ccc(F)cc3)cc1)C(N1CCNCC1)CCN2. The standard InChI is InChI=1S/C23H25FN6O2/c24-15-1-5-17(6-2-15)32-18-7-3-16(4-8-18)30-22(23(25)31)21-20(28-30)19(9-10-27-21)29-13-11-26-12-14-29/h1-8,19,26-27H,9-14H2,(H2,25,31). The van der Waals surface area contributed by atoms with Crippen LogP contribution >= 0.6 is 0 Å². The number of hydrogen-bond acceptors (Lipinski definition) is 6. The zero-order valence-corrected chi connectivity index (χ0v) is 17.6. The fourth-order valence-electron chi connectivity index (χ4n) is 4.37. The van der Waals surface area contributed by atoms with Gasteiger partial charge in [0.2, 0.25) is 0 Å². The molecule has 0 saturated carbocycles. The normalized spacial score (nSPS) is 18.6. The Morgan fingerprint density at radius 1 is 1.03 bits per heavy atom. The van der Waals surface area contributed by atoms with Crippen molar-refractivity contribution in [2.24, 2.45) is 5.73 Å². The maximum Gasteiger partial charge on any atom is 0.269 e. The lowest BCUT2D eigenvalue weighted by atomic mass is 10.0. The first-order chi connectivity index (χ1) is 15.6. The van der Waals surface area contributed by atoms with Crippen LogP contribution in [0.15, 0.2) is 48.5 Å². The molecular formula is C23H25FN6O2. The molecule has 5 rings (SSSR count). The van der Waals surface area contributed by atoms with Gasteiger partial charge in [0.05, 0.1) is 17.4 Å². The summed E-state index contributed by atoms with van der Waals surface area (Å²) in [5, 5.41) is 11.5. The molecule has 2 aromatic carbocycles. The van der Waals surface area contributed by atoms with Crippen LogP contribution in [0.25, 0.3) is 5.69 Å². The van der Waals surface area contributed by atoms with E-state index in [1.54, 1.807) is 28.9 Å². The van der Waals surface area contributed by atoms with Crippen molar-refractivity contribution in [2.75, 3.05) is 38.0 Å². The monoisotopic (exact) mass is 436 g/mol. The number of ether oxygens (including phenoxy) is 1. The minimum atomic E-state index is -0.529. The minimum absolute atomic E-state index is 0.147. The van der Waals surface area contributed by atoms with Gasteiger partial charge in [-0.3, -0.25) is 9.69 Å². The Labute approximate surface area is 185 Å². The Morgan fingerprint density at radius 2 is 1.69 bits per heavy atom. The summed E-state index contributed by atoms with van der Waals surface area (Å²) in [4.78, 5) is 14.8. The van der Waals surface area contributed by atoms with E-state index in [9.17, 15) is 9.18 Å². The van der Waals surface area contributed by atoms with Gasteiger partial charge in [-0.25, -0.2) is 9.07 Å². The van der Waals surface area contributed by atoms with E-state index >= 15 is 0 Å². The van der Waals surface area contributed by atoms with Crippen LogP contribution in [-0.4, -0.2) is 53.3 Å². The molecule has 1 unspecified atom stereocenters. The third-order valence-electron chi connectivity index (χ3n) is 5.90. The molecule has 0 aliphatic carbocycles. The highest BCUT2D eigenvalue weighted by atomic mass is 19.1. The van der Waals surface area contributed by atoms with Crippen molar-refractivity contribution in [1.82, 2.24) is 20.0 Å². The molecule has 2 aliphatic heterocycles. The van der Waals surface area contributed by atoms with Crippen LogP contribution in [0.2, 0.25) is 0 Å². The van der Waals surface area contributed by atoms with Crippen LogP contribution < -0.4 is 21.1 Å². The van der Waals surface area contributed by atoms with Gasteiger partial charge in [0.25, 0.3) is 5.91 Å². The molecule has 4 N–H and O–H groups in total. The molecule has 8 nitrogen and oxygen atoms in total. The van der Waals surface area contributed by atoms with Crippen LogP contribution in [0.5, 0.6) is 11.5 Å². The molecule has 0 bridgehead atoms. The molecule has 1 amide bonds. The van der Waals surface area contributed by atoms with Crippen molar-refractivity contribution in [3.05, 3.63) is 65.7 Å². The van der Waals surface area contributed by atoms with Crippen molar-refractivity contribution in [3.8, 4) is 17.2 Å². The molecule has 1 atom stereocenters. The van der Waals surface area contributed by atoms with Gasteiger partial charge in [-0.1, -0.05) is 0 Å². The van der Waals surface area contributed by atoms with E-state index in [-0.39, 0.29) is 11.9 Å². The largest absolute Gasteiger partial charge is 0.457 e. The Kier molecular flexibility index (Phi) is 5.50. The number of piperazine rings is 1.